The lowest BCUT2D eigenvalue weighted by Gasteiger charge is -2.28. The molecule has 234 valence electrons. The Morgan fingerprint density at radius 3 is 2.10 bits per heavy atom. The lowest BCUT2D eigenvalue weighted by atomic mass is 9.81. The first-order valence-electron chi connectivity index (χ1n) is 17.2. The molecular weight excluding hydrogens is 597 g/mol. The van der Waals surface area contributed by atoms with Crippen molar-refractivity contribution >= 4 is 54.9 Å². The average molecular weight is 631 g/mol. The summed E-state index contributed by atoms with van der Waals surface area (Å²) in [6.07, 6.45) is 19.1. The van der Waals surface area contributed by atoms with E-state index in [1.165, 1.54) is 54.9 Å². The molecule has 0 radical (unpaired) electrons. The summed E-state index contributed by atoms with van der Waals surface area (Å²) in [5.74, 6) is 0.835. The van der Waals surface area contributed by atoms with E-state index in [0.29, 0.717) is 0 Å². The largest absolute Gasteiger partial charge is 0.316 e. The van der Waals surface area contributed by atoms with Gasteiger partial charge in [-0.2, -0.15) is 0 Å². The fourth-order valence-corrected chi connectivity index (χ4v) is 7.93. The Labute approximate surface area is 285 Å². The van der Waals surface area contributed by atoms with Crippen LogP contribution in [0.15, 0.2) is 152 Å². The Bertz CT molecular complexity index is 2630. The SMILES string of the molecule is CC1(c2nc(-c3ccccc3)cc(-c3ccccc3)n2)C=CC(n2c3cccc4ccc5c(c43)c2cc2ccn(C3=CCCC=C3)c25)=CC1. The summed E-state index contributed by atoms with van der Waals surface area (Å²) in [5, 5.41) is 6.48. The highest BCUT2D eigenvalue weighted by atomic mass is 15.0. The standard InChI is InChI=1S/C45H34N4/c1-45(44-46-37(30-12-5-2-6-13-30)29-38(47-44)31-14-7-3-8-15-31)25-22-35(23-26-45)49-39-19-11-16-32-20-21-36-42(41(32)39)40(49)28-33-24-27-48(43(33)36)34-17-9-4-10-18-34/h2-3,5-9,11-25,27-29H,4,10,26H2,1H3. The van der Waals surface area contributed by atoms with Crippen LogP contribution >= 0.6 is 0 Å². The van der Waals surface area contributed by atoms with E-state index in [1.54, 1.807) is 0 Å². The van der Waals surface area contributed by atoms with Gasteiger partial charge in [-0.05, 0) is 68.0 Å². The Balaban J connectivity index is 1.12. The van der Waals surface area contributed by atoms with Gasteiger partial charge in [0.25, 0.3) is 0 Å². The van der Waals surface area contributed by atoms with E-state index in [9.17, 15) is 0 Å². The van der Waals surface area contributed by atoms with Crippen LogP contribution in [0.5, 0.6) is 0 Å². The van der Waals surface area contributed by atoms with Crippen molar-refractivity contribution in [3.05, 3.63) is 158 Å². The van der Waals surface area contributed by atoms with Crippen LogP contribution in [-0.2, 0) is 5.41 Å². The predicted molar refractivity (Wildman–Crippen MR) is 205 cm³/mol. The quantitative estimate of drug-likeness (QED) is 0.177. The van der Waals surface area contributed by atoms with Gasteiger partial charge in [0.1, 0.15) is 5.82 Å². The highest BCUT2D eigenvalue weighted by molar-refractivity contribution is 6.30. The van der Waals surface area contributed by atoms with Crippen molar-refractivity contribution < 1.29 is 0 Å². The van der Waals surface area contributed by atoms with Crippen molar-refractivity contribution in [1.29, 1.82) is 0 Å². The Morgan fingerprint density at radius 1 is 0.633 bits per heavy atom. The molecule has 0 spiro atoms. The topological polar surface area (TPSA) is 35.6 Å². The van der Waals surface area contributed by atoms with Crippen LogP contribution in [0.2, 0.25) is 0 Å². The van der Waals surface area contributed by atoms with E-state index in [4.69, 9.17) is 9.97 Å². The van der Waals surface area contributed by atoms with E-state index < -0.39 is 0 Å². The molecule has 0 fully saturated rings. The summed E-state index contributed by atoms with van der Waals surface area (Å²) in [6.45, 7) is 2.26. The maximum absolute atomic E-state index is 5.20. The third kappa shape index (κ3) is 4.37. The van der Waals surface area contributed by atoms with E-state index in [2.05, 4.69) is 156 Å². The third-order valence-corrected chi connectivity index (χ3v) is 10.5. The summed E-state index contributed by atoms with van der Waals surface area (Å²) in [6, 6.07) is 38.9. The minimum Gasteiger partial charge on any atom is -0.316 e. The average Bonchev–Trinajstić information content (AvgIpc) is 3.75. The third-order valence-electron chi connectivity index (χ3n) is 10.5. The second-order valence-electron chi connectivity index (χ2n) is 13.6. The number of rotatable bonds is 5. The van der Waals surface area contributed by atoms with Crippen LogP contribution in [0.3, 0.4) is 0 Å². The number of fused-ring (bicyclic) bond motifs is 2. The van der Waals surface area contributed by atoms with Crippen molar-refractivity contribution in [2.24, 2.45) is 0 Å². The highest BCUT2D eigenvalue weighted by Gasteiger charge is 2.31. The minimum atomic E-state index is -0.367. The normalized spacial score (nSPS) is 17.8. The van der Waals surface area contributed by atoms with Crippen LogP contribution in [0.25, 0.3) is 77.4 Å². The molecule has 3 heterocycles. The van der Waals surface area contributed by atoms with Crippen LogP contribution in [-0.4, -0.2) is 19.1 Å². The highest BCUT2D eigenvalue weighted by Crippen LogP contribution is 2.44. The van der Waals surface area contributed by atoms with Gasteiger partial charge in [-0.3, -0.25) is 0 Å². The predicted octanol–water partition coefficient (Wildman–Crippen LogP) is 11.4. The molecule has 5 aromatic carbocycles. The summed E-state index contributed by atoms with van der Waals surface area (Å²) < 4.78 is 4.84. The summed E-state index contributed by atoms with van der Waals surface area (Å²) >= 11 is 0. The lowest BCUT2D eigenvalue weighted by Crippen LogP contribution is -2.24. The second-order valence-corrected chi connectivity index (χ2v) is 13.6. The molecule has 8 aromatic rings. The van der Waals surface area contributed by atoms with Gasteiger partial charge in [0.2, 0.25) is 0 Å². The molecule has 2 aliphatic carbocycles. The number of allylic oxidation sites excluding steroid dienone is 8. The number of aromatic nitrogens is 4. The molecule has 0 bridgehead atoms. The molecule has 0 saturated heterocycles. The molecule has 10 rings (SSSR count). The minimum absolute atomic E-state index is 0.367. The Morgan fingerprint density at radius 2 is 1.41 bits per heavy atom. The molecule has 4 nitrogen and oxygen atoms in total. The van der Waals surface area contributed by atoms with Crippen molar-refractivity contribution in [3.63, 3.8) is 0 Å². The first-order valence-corrected chi connectivity index (χ1v) is 17.2. The zero-order valence-corrected chi connectivity index (χ0v) is 27.3. The molecule has 3 aromatic heterocycles. The zero-order chi connectivity index (χ0) is 32.5. The van der Waals surface area contributed by atoms with Gasteiger partial charge in [0.05, 0.1) is 27.9 Å². The molecule has 49 heavy (non-hydrogen) atoms. The number of benzene rings is 5. The first-order chi connectivity index (χ1) is 24.1. The smallest absolute Gasteiger partial charge is 0.139 e. The molecule has 0 saturated carbocycles. The van der Waals surface area contributed by atoms with E-state index in [-0.39, 0.29) is 5.41 Å². The van der Waals surface area contributed by atoms with E-state index >= 15 is 0 Å². The molecule has 1 unspecified atom stereocenters. The summed E-state index contributed by atoms with van der Waals surface area (Å²) in [7, 11) is 0. The summed E-state index contributed by atoms with van der Waals surface area (Å²) in [5.41, 5.74) is 9.90. The second kappa shape index (κ2) is 10.8. The van der Waals surface area contributed by atoms with Gasteiger partial charge in [-0.25, -0.2) is 9.97 Å². The van der Waals surface area contributed by atoms with Gasteiger partial charge < -0.3 is 9.13 Å². The first kappa shape index (κ1) is 28.1. The molecule has 1 atom stereocenters. The van der Waals surface area contributed by atoms with Gasteiger partial charge in [0.15, 0.2) is 0 Å². The molecule has 4 heteroatoms. The molecule has 0 N–H and O–H groups in total. The molecule has 0 amide bonds. The van der Waals surface area contributed by atoms with Crippen LogP contribution in [0.1, 0.15) is 32.0 Å². The fourth-order valence-electron chi connectivity index (χ4n) is 7.93. The van der Waals surface area contributed by atoms with E-state index in [0.717, 1.165) is 47.6 Å². The van der Waals surface area contributed by atoms with Gasteiger partial charge in [-0.15, -0.1) is 0 Å². The van der Waals surface area contributed by atoms with Crippen molar-refractivity contribution in [2.45, 2.75) is 31.6 Å². The van der Waals surface area contributed by atoms with Gasteiger partial charge in [-0.1, -0.05) is 109 Å². The number of hydrogen-bond donors (Lipinski definition) is 0. The fraction of sp³-hybridized carbons (Fsp3) is 0.111. The van der Waals surface area contributed by atoms with Crippen LogP contribution < -0.4 is 0 Å². The molecular formula is C45H34N4. The Hall–Kier alpha value is -6.00. The maximum Gasteiger partial charge on any atom is 0.139 e. The number of hydrogen-bond acceptors (Lipinski definition) is 2. The monoisotopic (exact) mass is 630 g/mol. The Kier molecular flexibility index (Phi) is 6.16. The molecule has 2 aliphatic rings. The van der Waals surface area contributed by atoms with Crippen molar-refractivity contribution in [3.8, 4) is 22.5 Å². The maximum atomic E-state index is 5.20. The number of nitrogens with zero attached hydrogens (tertiary/aromatic N) is 4. The van der Waals surface area contributed by atoms with Gasteiger partial charge in [0, 0.05) is 55.7 Å². The van der Waals surface area contributed by atoms with Gasteiger partial charge >= 0.3 is 0 Å². The van der Waals surface area contributed by atoms with Crippen molar-refractivity contribution in [2.75, 3.05) is 0 Å². The van der Waals surface area contributed by atoms with Crippen molar-refractivity contribution in [1.82, 2.24) is 19.1 Å². The van der Waals surface area contributed by atoms with Crippen LogP contribution in [0, 0.1) is 0 Å². The zero-order valence-electron chi connectivity index (χ0n) is 27.3. The lowest BCUT2D eigenvalue weighted by molar-refractivity contribution is 0.557. The summed E-state index contributed by atoms with van der Waals surface area (Å²) in [4.78, 5) is 10.4. The van der Waals surface area contributed by atoms with E-state index in [1.807, 2.05) is 12.1 Å². The molecule has 0 aliphatic heterocycles. The van der Waals surface area contributed by atoms with Crippen LogP contribution in [0.4, 0.5) is 0 Å².